The number of nitrogens with one attached hydrogen (secondary N) is 1. The molecule has 4 aromatic heterocycles. The van der Waals surface area contributed by atoms with Gasteiger partial charge in [0, 0.05) is 33.7 Å². The lowest BCUT2D eigenvalue weighted by Gasteiger charge is -2.14. The molecule has 5 rings (SSSR count). The number of aromatic nitrogens is 6. The molecule has 12 heteroatoms. The van der Waals surface area contributed by atoms with Crippen molar-refractivity contribution < 1.29 is 9.21 Å². The summed E-state index contributed by atoms with van der Waals surface area (Å²) in [5.41, 5.74) is 2.62. The third-order valence-electron chi connectivity index (χ3n) is 4.96. The smallest absolute Gasteiger partial charge is 0.272 e. The topological polar surface area (TPSA) is 112 Å². The number of halogens is 3. The van der Waals surface area contributed by atoms with Crippen LogP contribution in [-0.2, 0) is 0 Å². The van der Waals surface area contributed by atoms with E-state index in [1.165, 1.54) is 12.4 Å². The van der Waals surface area contributed by atoms with Crippen molar-refractivity contribution in [2.45, 2.75) is 6.92 Å². The second-order valence-electron chi connectivity index (χ2n) is 7.32. The van der Waals surface area contributed by atoms with Crippen LogP contribution in [0.25, 0.3) is 28.9 Å². The summed E-state index contributed by atoms with van der Waals surface area (Å²) in [7, 11) is 0. The molecule has 35 heavy (non-hydrogen) atoms. The van der Waals surface area contributed by atoms with E-state index in [-0.39, 0.29) is 17.7 Å². The van der Waals surface area contributed by atoms with Crippen molar-refractivity contribution in [1.29, 1.82) is 0 Å². The van der Waals surface area contributed by atoms with E-state index in [1.807, 2.05) is 13.0 Å². The van der Waals surface area contributed by atoms with E-state index in [9.17, 15) is 4.79 Å². The largest absolute Gasteiger partial charge is 0.414 e. The maximum Gasteiger partial charge on any atom is 0.272 e. The zero-order valence-corrected chi connectivity index (χ0v) is 21.8. The summed E-state index contributed by atoms with van der Waals surface area (Å²) in [5, 5.41) is 11.7. The van der Waals surface area contributed by atoms with Crippen LogP contribution in [0.3, 0.4) is 0 Å². The molecule has 4 heterocycles. The first-order chi connectivity index (χ1) is 16.9. The first-order valence-corrected chi connectivity index (χ1v) is 12.1. The summed E-state index contributed by atoms with van der Waals surface area (Å²) in [6.07, 6.45) is 7.95. The molecule has 9 nitrogen and oxygen atoms in total. The highest BCUT2D eigenvalue weighted by atomic mass is 79.9. The van der Waals surface area contributed by atoms with Crippen molar-refractivity contribution in [3.05, 3.63) is 86.5 Å². The number of nitrogens with zero attached hydrogens (tertiary/aromatic N) is 6. The highest BCUT2D eigenvalue weighted by Gasteiger charge is 2.22. The maximum absolute atomic E-state index is 13.5. The second kappa shape index (κ2) is 9.68. The van der Waals surface area contributed by atoms with Crippen LogP contribution in [0.15, 0.2) is 74.7 Å². The normalized spacial score (nSPS) is 11.0. The number of hydrogen-bond donors (Lipinski definition) is 1. The van der Waals surface area contributed by atoms with Gasteiger partial charge in [-0.1, -0.05) is 27.5 Å². The molecule has 1 amide bonds. The molecule has 1 N–H and O–H groups in total. The Morgan fingerprint density at radius 2 is 1.89 bits per heavy atom. The van der Waals surface area contributed by atoms with Crippen LogP contribution in [0.1, 0.15) is 16.1 Å². The van der Waals surface area contributed by atoms with Crippen LogP contribution in [0.5, 0.6) is 0 Å². The molecule has 1 aromatic carbocycles. The summed E-state index contributed by atoms with van der Waals surface area (Å²) in [6.45, 7) is 1.87. The molecule has 0 spiro atoms. The number of hydrogen-bond acceptors (Lipinski definition) is 7. The number of carbonyl (C=O) groups is 1. The SMILES string of the molecule is Cc1cc(Br)cc(-c2nnc(-c3cnccn3)o2)c1NC(=O)c1cc(Br)cn1-c1ncccc1Cl. The summed E-state index contributed by atoms with van der Waals surface area (Å²) < 4.78 is 8.97. The molecule has 0 unspecified atom stereocenters. The lowest BCUT2D eigenvalue weighted by Crippen LogP contribution is -2.18. The lowest BCUT2D eigenvalue weighted by molar-refractivity contribution is 0.102. The van der Waals surface area contributed by atoms with Crippen molar-refractivity contribution >= 4 is 55.1 Å². The van der Waals surface area contributed by atoms with E-state index in [2.05, 4.69) is 62.3 Å². The fourth-order valence-electron chi connectivity index (χ4n) is 3.44. The summed E-state index contributed by atoms with van der Waals surface area (Å²) in [5.74, 6) is 0.487. The molecule has 174 valence electrons. The number of carbonyl (C=O) groups excluding carboxylic acids is 1. The number of aryl methyl sites for hydroxylation is 1. The molecule has 0 aliphatic carbocycles. The Labute approximate surface area is 220 Å². The Morgan fingerprint density at radius 3 is 2.66 bits per heavy atom. The van der Waals surface area contributed by atoms with Crippen molar-refractivity contribution in [2.75, 3.05) is 5.32 Å². The average molecular weight is 616 g/mol. The predicted octanol–water partition coefficient (Wildman–Crippen LogP) is 6.12. The molecule has 0 aliphatic rings. The number of benzene rings is 1. The Balaban J connectivity index is 1.54. The highest BCUT2D eigenvalue weighted by Crippen LogP contribution is 2.35. The van der Waals surface area contributed by atoms with E-state index in [4.69, 9.17) is 16.0 Å². The molecule has 0 bridgehead atoms. The van der Waals surface area contributed by atoms with Crippen LogP contribution < -0.4 is 5.32 Å². The molecule has 0 radical (unpaired) electrons. The first kappa shape index (κ1) is 23.3. The van der Waals surface area contributed by atoms with Gasteiger partial charge in [-0.3, -0.25) is 14.3 Å². The van der Waals surface area contributed by atoms with E-state index in [1.54, 1.807) is 47.4 Å². The number of anilines is 1. The second-order valence-corrected chi connectivity index (χ2v) is 9.56. The van der Waals surface area contributed by atoms with E-state index in [0.29, 0.717) is 38.0 Å². The quantitative estimate of drug-likeness (QED) is 0.254. The van der Waals surface area contributed by atoms with Crippen molar-refractivity contribution in [3.8, 4) is 28.9 Å². The van der Waals surface area contributed by atoms with Crippen molar-refractivity contribution in [1.82, 2.24) is 29.7 Å². The fourth-order valence-corrected chi connectivity index (χ4v) is 4.64. The molecule has 0 aliphatic heterocycles. The third-order valence-corrected chi connectivity index (χ3v) is 6.15. The Hall–Kier alpha value is -3.41. The molecular weight excluding hydrogens is 602 g/mol. The van der Waals surface area contributed by atoms with Gasteiger partial charge in [0.25, 0.3) is 11.8 Å². The van der Waals surface area contributed by atoms with E-state index in [0.717, 1.165) is 10.0 Å². The lowest BCUT2D eigenvalue weighted by atomic mass is 10.1. The zero-order chi connectivity index (χ0) is 24.5. The van der Waals surface area contributed by atoms with Crippen LogP contribution in [0, 0.1) is 6.92 Å². The highest BCUT2D eigenvalue weighted by molar-refractivity contribution is 9.10. The molecular formula is C23H14Br2ClN7O2. The van der Waals surface area contributed by atoms with Crippen LogP contribution in [0.2, 0.25) is 5.02 Å². The molecule has 0 fully saturated rings. The minimum Gasteiger partial charge on any atom is -0.414 e. The van der Waals surface area contributed by atoms with Gasteiger partial charge in [0.15, 0.2) is 5.82 Å². The van der Waals surface area contributed by atoms with Crippen molar-refractivity contribution in [2.24, 2.45) is 0 Å². The van der Waals surface area contributed by atoms with Gasteiger partial charge in [-0.15, -0.1) is 10.2 Å². The predicted molar refractivity (Wildman–Crippen MR) is 137 cm³/mol. The van der Waals surface area contributed by atoms with Gasteiger partial charge in [0.05, 0.1) is 22.5 Å². The molecule has 5 aromatic rings. The summed E-state index contributed by atoms with van der Waals surface area (Å²) >= 11 is 13.3. The Bertz CT molecular complexity index is 1550. The van der Waals surface area contributed by atoms with Crippen LogP contribution >= 0.6 is 43.5 Å². The minimum atomic E-state index is -0.377. The third kappa shape index (κ3) is 4.75. The Kier molecular flexibility index (Phi) is 6.46. The van der Waals surface area contributed by atoms with Gasteiger partial charge in [-0.25, -0.2) is 9.97 Å². The van der Waals surface area contributed by atoms with Crippen LogP contribution in [-0.4, -0.2) is 35.6 Å². The fraction of sp³-hybridized carbons (Fsp3) is 0.0435. The Morgan fingerprint density at radius 1 is 1.06 bits per heavy atom. The number of pyridine rings is 1. The van der Waals surface area contributed by atoms with Gasteiger partial charge >= 0.3 is 0 Å². The molecule has 0 saturated carbocycles. The first-order valence-electron chi connectivity index (χ1n) is 10.1. The number of amides is 1. The van der Waals surface area contributed by atoms with Gasteiger partial charge < -0.3 is 9.73 Å². The monoisotopic (exact) mass is 613 g/mol. The van der Waals surface area contributed by atoms with Crippen molar-refractivity contribution in [3.63, 3.8) is 0 Å². The summed E-state index contributed by atoms with van der Waals surface area (Å²) in [4.78, 5) is 26.0. The average Bonchev–Trinajstić information content (AvgIpc) is 3.49. The van der Waals surface area contributed by atoms with E-state index >= 15 is 0 Å². The van der Waals surface area contributed by atoms with Gasteiger partial charge in [-0.2, -0.15) is 0 Å². The van der Waals surface area contributed by atoms with Gasteiger partial charge in [0.2, 0.25) is 5.89 Å². The number of rotatable bonds is 5. The molecule has 0 atom stereocenters. The minimum absolute atomic E-state index is 0.214. The van der Waals surface area contributed by atoms with Crippen LogP contribution in [0.4, 0.5) is 5.69 Å². The maximum atomic E-state index is 13.5. The van der Waals surface area contributed by atoms with E-state index < -0.39 is 0 Å². The standard InChI is InChI=1S/C23H14Br2ClN7O2/c1-12-7-13(24)8-15(22-31-32-23(35-22)17-10-27-5-6-28-17)19(12)30-21(34)18-9-14(25)11-33(18)20-16(26)3-2-4-29-20/h2-11H,1H3,(H,30,34). The summed E-state index contributed by atoms with van der Waals surface area (Å²) in [6, 6.07) is 8.79. The molecule has 0 saturated heterocycles. The zero-order valence-electron chi connectivity index (χ0n) is 17.9. The van der Waals surface area contributed by atoms with Gasteiger partial charge in [-0.05, 0) is 58.7 Å². The van der Waals surface area contributed by atoms with Gasteiger partial charge in [0.1, 0.15) is 11.4 Å².